The van der Waals surface area contributed by atoms with Gasteiger partial charge in [-0.15, -0.1) is 0 Å². The summed E-state index contributed by atoms with van der Waals surface area (Å²) in [6, 6.07) is 59.4. The molecule has 8 aromatic carbocycles. The fraction of sp³-hybridized carbons (Fsp3) is 0.0833. The van der Waals surface area contributed by atoms with E-state index in [4.69, 9.17) is 0 Å². The van der Waals surface area contributed by atoms with Crippen LogP contribution in [-0.4, -0.2) is 0 Å². The number of nitrogens with zero attached hydrogens (tertiary/aromatic N) is 1. The maximum absolute atomic E-state index is 2.55. The molecule has 0 radical (unpaired) electrons. The molecule has 10 rings (SSSR count). The quantitative estimate of drug-likeness (QED) is 0.189. The Bertz CT molecular complexity index is 2600. The van der Waals surface area contributed by atoms with Crippen molar-refractivity contribution in [1.29, 1.82) is 0 Å². The van der Waals surface area contributed by atoms with Crippen molar-refractivity contribution in [1.82, 2.24) is 0 Å². The summed E-state index contributed by atoms with van der Waals surface area (Å²) in [4.78, 5) is 2.51. The lowest BCUT2D eigenvalue weighted by Gasteiger charge is -2.34. The predicted molar refractivity (Wildman–Crippen MR) is 207 cm³/mol. The maximum Gasteiger partial charge on any atom is 0.0732 e. The Labute approximate surface area is 287 Å². The lowest BCUT2D eigenvalue weighted by atomic mass is 9.69. The summed E-state index contributed by atoms with van der Waals surface area (Å²) in [5.41, 5.74) is 17.6. The molecular formula is C48H35N. The first kappa shape index (κ1) is 28.1. The fourth-order valence-corrected chi connectivity index (χ4v) is 9.00. The number of anilines is 3. The van der Waals surface area contributed by atoms with E-state index in [1.165, 1.54) is 94.1 Å². The maximum atomic E-state index is 2.55. The lowest BCUT2D eigenvalue weighted by Crippen LogP contribution is -2.26. The highest BCUT2D eigenvalue weighted by Crippen LogP contribution is 2.66. The van der Waals surface area contributed by atoms with Crippen LogP contribution in [0.2, 0.25) is 0 Å². The van der Waals surface area contributed by atoms with Crippen LogP contribution in [0, 0.1) is 20.8 Å². The van der Waals surface area contributed by atoms with Crippen LogP contribution in [-0.2, 0) is 5.41 Å². The second-order valence-electron chi connectivity index (χ2n) is 13.9. The summed E-state index contributed by atoms with van der Waals surface area (Å²) in [6.45, 7) is 6.59. The third-order valence-corrected chi connectivity index (χ3v) is 11.1. The van der Waals surface area contributed by atoms with Crippen LogP contribution in [0.5, 0.6) is 0 Å². The molecule has 0 bridgehead atoms. The molecular weight excluding hydrogens is 591 g/mol. The van der Waals surface area contributed by atoms with Crippen LogP contribution in [0.1, 0.15) is 38.9 Å². The highest BCUT2D eigenvalue weighted by Gasteiger charge is 2.53. The highest BCUT2D eigenvalue weighted by molar-refractivity contribution is 6.14. The normalized spacial score (nSPS) is 13.4. The summed E-state index contributed by atoms with van der Waals surface area (Å²) < 4.78 is 0. The van der Waals surface area contributed by atoms with Crippen LogP contribution in [0.15, 0.2) is 158 Å². The van der Waals surface area contributed by atoms with Gasteiger partial charge in [-0.1, -0.05) is 139 Å². The van der Waals surface area contributed by atoms with Gasteiger partial charge >= 0.3 is 0 Å². The van der Waals surface area contributed by atoms with E-state index in [1.807, 2.05) is 0 Å². The molecule has 0 heterocycles. The van der Waals surface area contributed by atoms with Gasteiger partial charge in [0, 0.05) is 16.8 Å². The molecule has 1 spiro atoms. The molecule has 1 nitrogen and oxygen atoms in total. The molecule has 0 fully saturated rings. The largest absolute Gasteiger partial charge is 0.310 e. The number of fused-ring (bicyclic) bond motifs is 14. The standard InChI is InChI=1S/C48H35N/c1-30-21-25-34(26-22-30)49(44-28-31(2)20-23-32(44)3)45-29-43-46(39-17-7-6-16-38(39)45)40-27-24-33-12-4-5-13-35(33)47(40)48(43)41-18-10-8-14-36(41)37-15-9-11-19-42(37)48/h4-29H,1-3H3. The van der Waals surface area contributed by atoms with Crippen molar-refractivity contribution >= 4 is 38.6 Å². The van der Waals surface area contributed by atoms with Crippen molar-refractivity contribution in [2.45, 2.75) is 26.2 Å². The van der Waals surface area contributed by atoms with Gasteiger partial charge in [-0.3, -0.25) is 0 Å². The number of hydrogen-bond donors (Lipinski definition) is 0. The molecule has 0 N–H and O–H groups in total. The van der Waals surface area contributed by atoms with Crippen LogP contribution >= 0.6 is 0 Å². The molecule has 0 saturated carbocycles. The first-order valence-corrected chi connectivity index (χ1v) is 17.3. The van der Waals surface area contributed by atoms with Gasteiger partial charge < -0.3 is 4.90 Å². The summed E-state index contributed by atoms with van der Waals surface area (Å²) in [5.74, 6) is 0. The molecule has 0 saturated heterocycles. The number of rotatable bonds is 3. The second kappa shape index (κ2) is 10.3. The van der Waals surface area contributed by atoms with E-state index in [9.17, 15) is 0 Å². The van der Waals surface area contributed by atoms with Crippen LogP contribution in [0.4, 0.5) is 17.1 Å². The Morgan fingerprint density at radius 3 is 1.78 bits per heavy atom. The van der Waals surface area contributed by atoms with Crippen LogP contribution in [0.25, 0.3) is 43.8 Å². The Balaban J connectivity index is 1.42. The van der Waals surface area contributed by atoms with E-state index >= 15 is 0 Å². The third kappa shape index (κ3) is 3.76. The minimum atomic E-state index is -0.474. The van der Waals surface area contributed by atoms with Gasteiger partial charge in [0.25, 0.3) is 0 Å². The minimum absolute atomic E-state index is 0.474. The average Bonchev–Trinajstić information content (AvgIpc) is 3.61. The molecule has 49 heavy (non-hydrogen) atoms. The Morgan fingerprint density at radius 2 is 1.04 bits per heavy atom. The van der Waals surface area contributed by atoms with Gasteiger partial charge in [0.15, 0.2) is 0 Å². The molecule has 0 atom stereocenters. The number of aryl methyl sites for hydroxylation is 3. The van der Waals surface area contributed by atoms with Crippen molar-refractivity contribution in [3.63, 3.8) is 0 Å². The van der Waals surface area contributed by atoms with Crippen molar-refractivity contribution < 1.29 is 0 Å². The van der Waals surface area contributed by atoms with Crippen molar-refractivity contribution in [3.8, 4) is 22.3 Å². The zero-order valence-electron chi connectivity index (χ0n) is 28.0. The Kier molecular flexibility index (Phi) is 5.91. The highest BCUT2D eigenvalue weighted by atomic mass is 15.1. The van der Waals surface area contributed by atoms with Crippen molar-refractivity contribution in [2.75, 3.05) is 4.90 Å². The second-order valence-corrected chi connectivity index (χ2v) is 13.9. The van der Waals surface area contributed by atoms with E-state index in [0.29, 0.717) is 0 Å². The minimum Gasteiger partial charge on any atom is -0.310 e. The fourth-order valence-electron chi connectivity index (χ4n) is 9.00. The first-order chi connectivity index (χ1) is 24.1. The molecule has 0 amide bonds. The van der Waals surface area contributed by atoms with Crippen molar-refractivity contribution in [3.05, 3.63) is 197 Å². The topological polar surface area (TPSA) is 3.24 Å². The number of benzene rings is 8. The Hall–Kier alpha value is -5.92. The van der Waals surface area contributed by atoms with Crippen LogP contribution in [0.3, 0.4) is 0 Å². The van der Waals surface area contributed by atoms with E-state index < -0.39 is 5.41 Å². The van der Waals surface area contributed by atoms with Gasteiger partial charge in [-0.05, 0) is 117 Å². The SMILES string of the molecule is Cc1ccc(N(c2cc(C)ccc2C)c2cc3c(c4ccccc24)-c2ccc4ccccc4c2C32c3ccccc3-c3ccccc32)cc1. The lowest BCUT2D eigenvalue weighted by molar-refractivity contribution is 0.802. The Morgan fingerprint density at radius 1 is 0.429 bits per heavy atom. The molecule has 2 aliphatic rings. The summed E-state index contributed by atoms with van der Waals surface area (Å²) in [6.07, 6.45) is 0. The average molecular weight is 626 g/mol. The zero-order valence-corrected chi connectivity index (χ0v) is 28.0. The molecule has 1 heteroatoms. The smallest absolute Gasteiger partial charge is 0.0732 e. The molecule has 0 aliphatic heterocycles. The van der Waals surface area contributed by atoms with Gasteiger partial charge in [0.05, 0.1) is 11.1 Å². The van der Waals surface area contributed by atoms with Gasteiger partial charge in [0.2, 0.25) is 0 Å². The monoisotopic (exact) mass is 625 g/mol. The van der Waals surface area contributed by atoms with Gasteiger partial charge in [0.1, 0.15) is 0 Å². The first-order valence-electron chi connectivity index (χ1n) is 17.3. The van der Waals surface area contributed by atoms with Gasteiger partial charge in [-0.2, -0.15) is 0 Å². The van der Waals surface area contributed by atoms with E-state index in [2.05, 4.69) is 183 Å². The van der Waals surface area contributed by atoms with Gasteiger partial charge in [-0.25, -0.2) is 0 Å². The zero-order chi connectivity index (χ0) is 32.9. The summed E-state index contributed by atoms with van der Waals surface area (Å²) in [7, 11) is 0. The predicted octanol–water partition coefficient (Wildman–Crippen LogP) is 12.7. The molecule has 0 unspecified atom stereocenters. The summed E-state index contributed by atoms with van der Waals surface area (Å²) in [5, 5.41) is 5.13. The summed E-state index contributed by atoms with van der Waals surface area (Å²) >= 11 is 0. The van der Waals surface area contributed by atoms with E-state index in [0.717, 1.165) is 5.69 Å². The molecule has 8 aromatic rings. The molecule has 232 valence electrons. The van der Waals surface area contributed by atoms with E-state index in [-0.39, 0.29) is 0 Å². The van der Waals surface area contributed by atoms with Crippen molar-refractivity contribution in [2.24, 2.45) is 0 Å². The van der Waals surface area contributed by atoms with Crippen LogP contribution < -0.4 is 4.90 Å². The molecule has 2 aliphatic carbocycles. The third-order valence-electron chi connectivity index (χ3n) is 11.1. The number of hydrogen-bond acceptors (Lipinski definition) is 1. The van der Waals surface area contributed by atoms with E-state index in [1.54, 1.807) is 0 Å². The molecule has 0 aromatic heterocycles.